The van der Waals surface area contributed by atoms with Crippen molar-refractivity contribution in [2.75, 3.05) is 5.32 Å². The molecule has 2 heterocycles. The normalized spacial score (nSPS) is 11.2. The molecule has 0 fully saturated rings. The maximum atomic E-state index is 5.40. The maximum absolute atomic E-state index is 5.40. The van der Waals surface area contributed by atoms with Crippen LogP contribution in [-0.4, -0.2) is 20.2 Å². The molecule has 0 amide bonds. The second-order valence-electron chi connectivity index (χ2n) is 4.80. The summed E-state index contributed by atoms with van der Waals surface area (Å²) < 4.78 is 5.40. The van der Waals surface area contributed by atoms with Crippen LogP contribution in [0.3, 0.4) is 0 Å². The minimum absolute atomic E-state index is 0.426. The van der Waals surface area contributed by atoms with Crippen LogP contribution >= 0.6 is 0 Å². The second kappa shape index (κ2) is 4.96. The first kappa shape index (κ1) is 12.7. The summed E-state index contributed by atoms with van der Waals surface area (Å²) >= 11 is 0. The third-order valence-corrected chi connectivity index (χ3v) is 3.40. The number of aromatic amines is 1. The monoisotopic (exact) mass is 271 g/mol. The first-order chi connectivity index (χ1) is 9.67. The number of benzene rings is 1. The summed E-state index contributed by atoms with van der Waals surface area (Å²) in [4.78, 5) is 7.90. The van der Waals surface area contributed by atoms with Crippen molar-refractivity contribution in [2.24, 2.45) is 0 Å². The number of anilines is 1. The van der Waals surface area contributed by atoms with Gasteiger partial charge in [-0.3, -0.25) is 0 Å². The average molecular weight is 271 g/mol. The lowest BCUT2D eigenvalue weighted by molar-refractivity contribution is 0.511. The van der Waals surface area contributed by atoms with E-state index in [1.54, 1.807) is 0 Å². The van der Waals surface area contributed by atoms with Crippen LogP contribution in [0, 0.1) is 13.8 Å². The van der Waals surface area contributed by atoms with E-state index in [1.165, 1.54) is 11.1 Å². The maximum Gasteiger partial charge on any atom is 0.315 e. The molecular weight excluding hydrogens is 254 g/mol. The van der Waals surface area contributed by atoms with Gasteiger partial charge in [0.1, 0.15) is 5.82 Å². The Morgan fingerprint density at radius 2 is 2.10 bits per heavy atom. The van der Waals surface area contributed by atoms with Gasteiger partial charge in [-0.1, -0.05) is 18.1 Å². The number of aryl methyl sites for hydroxylation is 3. The Morgan fingerprint density at radius 1 is 1.25 bits per heavy atom. The van der Waals surface area contributed by atoms with Crippen molar-refractivity contribution in [3.63, 3.8) is 0 Å². The smallest absolute Gasteiger partial charge is 0.315 e. The first-order valence-electron chi connectivity index (χ1n) is 6.68. The fourth-order valence-electron chi connectivity index (χ4n) is 2.08. The predicted molar refractivity (Wildman–Crippen MR) is 76.6 cm³/mol. The lowest BCUT2D eigenvalue weighted by atomic mass is 10.1. The second-order valence-corrected chi connectivity index (χ2v) is 4.80. The van der Waals surface area contributed by atoms with E-state index < -0.39 is 0 Å². The number of rotatable bonds is 4. The molecule has 6 nitrogen and oxygen atoms in total. The van der Waals surface area contributed by atoms with Gasteiger partial charge in [-0.2, -0.15) is 0 Å². The van der Waals surface area contributed by atoms with Gasteiger partial charge in [-0.15, -0.1) is 5.10 Å². The molecular formula is C14H17N5O. The molecule has 0 aliphatic rings. The molecule has 6 heteroatoms. The summed E-state index contributed by atoms with van der Waals surface area (Å²) in [6.45, 7) is 6.67. The van der Waals surface area contributed by atoms with Crippen molar-refractivity contribution in [3.05, 3.63) is 35.0 Å². The van der Waals surface area contributed by atoms with Crippen LogP contribution in [0.1, 0.15) is 29.8 Å². The van der Waals surface area contributed by atoms with Crippen molar-refractivity contribution in [3.8, 4) is 0 Å². The highest BCUT2D eigenvalue weighted by molar-refractivity contribution is 5.79. The van der Waals surface area contributed by atoms with E-state index in [0.29, 0.717) is 18.5 Å². The third kappa shape index (κ3) is 2.24. The van der Waals surface area contributed by atoms with Gasteiger partial charge in [0, 0.05) is 6.42 Å². The minimum Gasteiger partial charge on any atom is -0.408 e. The zero-order chi connectivity index (χ0) is 14.1. The molecule has 0 aliphatic heterocycles. The third-order valence-electron chi connectivity index (χ3n) is 3.40. The van der Waals surface area contributed by atoms with Gasteiger partial charge in [-0.05, 0) is 31.0 Å². The Balaban J connectivity index is 1.79. The van der Waals surface area contributed by atoms with Crippen molar-refractivity contribution in [1.29, 1.82) is 0 Å². The van der Waals surface area contributed by atoms with Crippen LogP contribution in [0.25, 0.3) is 11.0 Å². The Hall–Kier alpha value is -2.37. The fraction of sp³-hybridized carbons (Fsp3) is 0.357. The van der Waals surface area contributed by atoms with E-state index in [-0.39, 0.29) is 0 Å². The summed E-state index contributed by atoms with van der Waals surface area (Å²) in [5.74, 6) is 1.48. The summed E-state index contributed by atoms with van der Waals surface area (Å²) in [6.07, 6.45) is 0.734. The van der Waals surface area contributed by atoms with Gasteiger partial charge >= 0.3 is 6.01 Å². The fourth-order valence-corrected chi connectivity index (χ4v) is 2.08. The summed E-state index contributed by atoms with van der Waals surface area (Å²) in [6, 6.07) is 4.57. The highest BCUT2D eigenvalue weighted by atomic mass is 16.4. The topological polar surface area (TPSA) is 79.6 Å². The molecule has 2 aromatic heterocycles. The number of hydrogen-bond donors (Lipinski definition) is 2. The Morgan fingerprint density at radius 3 is 2.85 bits per heavy atom. The van der Waals surface area contributed by atoms with Crippen molar-refractivity contribution in [1.82, 2.24) is 20.2 Å². The minimum atomic E-state index is 0.426. The van der Waals surface area contributed by atoms with Crippen LogP contribution in [0.2, 0.25) is 0 Å². The van der Waals surface area contributed by atoms with Crippen LogP contribution in [-0.2, 0) is 13.0 Å². The molecule has 0 saturated heterocycles. The number of H-pyrrole nitrogens is 1. The molecule has 3 aromatic rings. The molecule has 3 rings (SSSR count). The zero-order valence-corrected chi connectivity index (χ0v) is 11.8. The number of imidazole rings is 1. The van der Waals surface area contributed by atoms with Crippen molar-refractivity contribution in [2.45, 2.75) is 33.7 Å². The van der Waals surface area contributed by atoms with E-state index in [1.807, 2.05) is 6.92 Å². The van der Waals surface area contributed by atoms with Gasteiger partial charge < -0.3 is 14.7 Å². The Labute approximate surface area is 116 Å². The highest BCUT2D eigenvalue weighted by Gasteiger charge is 2.08. The Bertz CT molecular complexity index is 743. The largest absolute Gasteiger partial charge is 0.408 e. The molecule has 0 bridgehead atoms. The molecule has 2 N–H and O–H groups in total. The van der Waals surface area contributed by atoms with E-state index in [4.69, 9.17) is 4.42 Å². The number of fused-ring (bicyclic) bond motifs is 1. The molecule has 0 radical (unpaired) electrons. The molecule has 0 spiro atoms. The van der Waals surface area contributed by atoms with Gasteiger partial charge in [0.15, 0.2) is 0 Å². The van der Waals surface area contributed by atoms with Crippen molar-refractivity contribution >= 4 is 17.0 Å². The SMILES string of the molecule is CCc1nnc(NCc2nc3c(C)c(C)ccc3[nH]2)o1. The summed E-state index contributed by atoms with van der Waals surface area (Å²) in [5.41, 5.74) is 4.51. The van der Waals surface area contributed by atoms with Gasteiger partial charge in [-0.25, -0.2) is 4.98 Å². The average Bonchev–Trinajstić information content (AvgIpc) is 3.07. The van der Waals surface area contributed by atoms with Crippen molar-refractivity contribution < 1.29 is 4.42 Å². The molecule has 0 atom stereocenters. The molecule has 104 valence electrons. The lowest BCUT2D eigenvalue weighted by Gasteiger charge is -1.98. The molecule has 0 aliphatic carbocycles. The lowest BCUT2D eigenvalue weighted by Crippen LogP contribution is -2.01. The van der Waals surface area contributed by atoms with E-state index in [2.05, 4.69) is 51.5 Å². The number of nitrogens with zero attached hydrogens (tertiary/aromatic N) is 3. The molecule has 0 unspecified atom stereocenters. The molecule has 20 heavy (non-hydrogen) atoms. The van der Waals surface area contributed by atoms with E-state index >= 15 is 0 Å². The zero-order valence-electron chi connectivity index (χ0n) is 11.8. The van der Waals surface area contributed by atoms with Crippen LogP contribution in [0.5, 0.6) is 0 Å². The highest BCUT2D eigenvalue weighted by Crippen LogP contribution is 2.19. The predicted octanol–water partition coefficient (Wildman–Crippen LogP) is 2.74. The number of aromatic nitrogens is 4. The van der Waals surface area contributed by atoms with E-state index in [9.17, 15) is 0 Å². The summed E-state index contributed by atoms with van der Waals surface area (Å²) in [5, 5.41) is 10.9. The summed E-state index contributed by atoms with van der Waals surface area (Å²) in [7, 11) is 0. The standard InChI is InChI=1S/C14H17N5O/c1-4-12-18-19-14(20-12)15-7-11-16-10-6-5-8(2)9(3)13(10)17-11/h5-6H,4,7H2,1-3H3,(H,15,19)(H,16,17). The van der Waals surface area contributed by atoms with Crippen LogP contribution in [0.4, 0.5) is 6.01 Å². The number of hydrogen-bond acceptors (Lipinski definition) is 5. The van der Waals surface area contributed by atoms with E-state index in [0.717, 1.165) is 23.3 Å². The Kier molecular flexibility index (Phi) is 3.14. The van der Waals surface area contributed by atoms with Crippen LogP contribution < -0.4 is 5.32 Å². The van der Waals surface area contributed by atoms with Crippen LogP contribution in [0.15, 0.2) is 16.5 Å². The van der Waals surface area contributed by atoms with Gasteiger partial charge in [0.25, 0.3) is 0 Å². The molecule has 0 saturated carbocycles. The first-order valence-corrected chi connectivity index (χ1v) is 6.68. The van der Waals surface area contributed by atoms with Gasteiger partial charge in [0.05, 0.1) is 17.6 Å². The quantitative estimate of drug-likeness (QED) is 0.762. The molecule has 1 aromatic carbocycles. The number of nitrogens with one attached hydrogen (secondary N) is 2. The van der Waals surface area contributed by atoms with Gasteiger partial charge in [0.2, 0.25) is 5.89 Å².